The van der Waals surface area contributed by atoms with E-state index in [0.717, 1.165) is 32.7 Å². The van der Waals surface area contributed by atoms with Crippen molar-refractivity contribution in [2.24, 2.45) is 0 Å². The van der Waals surface area contributed by atoms with Crippen molar-refractivity contribution >= 4 is 15.7 Å². The van der Waals surface area contributed by atoms with Gasteiger partial charge >= 0.3 is 0 Å². The van der Waals surface area contributed by atoms with E-state index in [0.29, 0.717) is 13.0 Å². The van der Waals surface area contributed by atoms with Crippen molar-refractivity contribution in [3.63, 3.8) is 0 Å². The lowest BCUT2D eigenvalue weighted by Gasteiger charge is -2.34. The van der Waals surface area contributed by atoms with Crippen molar-refractivity contribution in [3.05, 3.63) is 18.0 Å². The highest BCUT2D eigenvalue weighted by molar-refractivity contribution is 7.91. The van der Waals surface area contributed by atoms with Gasteiger partial charge in [0, 0.05) is 50.5 Å². The van der Waals surface area contributed by atoms with Crippen LogP contribution in [0, 0.1) is 0 Å². The first-order valence-corrected chi connectivity index (χ1v) is 11.4. The van der Waals surface area contributed by atoms with Gasteiger partial charge in [-0.1, -0.05) is 0 Å². The van der Waals surface area contributed by atoms with Crippen LogP contribution in [0.5, 0.6) is 0 Å². The van der Waals surface area contributed by atoms with Gasteiger partial charge in [0.15, 0.2) is 9.84 Å². The zero-order valence-corrected chi connectivity index (χ0v) is 17.3. The van der Waals surface area contributed by atoms with E-state index in [4.69, 9.17) is 0 Å². The van der Waals surface area contributed by atoms with E-state index in [2.05, 4.69) is 47.2 Å². The fourth-order valence-corrected chi connectivity index (χ4v) is 5.23. The van der Waals surface area contributed by atoms with Crippen molar-refractivity contribution in [2.75, 3.05) is 44.2 Å². The smallest absolute Gasteiger partial charge is 0.234 e. The molecule has 2 aliphatic rings. The molecule has 2 saturated heterocycles. The van der Waals surface area contributed by atoms with Crippen LogP contribution < -0.4 is 5.32 Å². The molecular formula is C18H31N5O3S. The molecule has 0 aromatic carbocycles. The molecule has 1 aromatic heterocycles. The predicted molar refractivity (Wildman–Crippen MR) is 104 cm³/mol. The maximum absolute atomic E-state index is 12.2. The van der Waals surface area contributed by atoms with Gasteiger partial charge in [-0.05, 0) is 27.2 Å². The number of aromatic nitrogens is 2. The van der Waals surface area contributed by atoms with Crippen molar-refractivity contribution < 1.29 is 13.2 Å². The molecule has 2 aliphatic heterocycles. The summed E-state index contributed by atoms with van der Waals surface area (Å²) in [4.78, 5) is 16.7. The molecule has 1 atom stereocenters. The fraction of sp³-hybridized carbons (Fsp3) is 0.778. The summed E-state index contributed by atoms with van der Waals surface area (Å²) < 4.78 is 25.0. The Balaban J connectivity index is 1.40. The Kier molecular flexibility index (Phi) is 5.93. The molecule has 2 fully saturated rings. The summed E-state index contributed by atoms with van der Waals surface area (Å²) in [7, 11) is -2.96. The van der Waals surface area contributed by atoms with Crippen molar-refractivity contribution in [2.45, 2.75) is 45.3 Å². The van der Waals surface area contributed by atoms with Gasteiger partial charge in [0.05, 0.1) is 29.8 Å². The molecule has 0 saturated carbocycles. The van der Waals surface area contributed by atoms with Crippen LogP contribution in [0.1, 0.15) is 32.8 Å². The lowest BCUT2D eigenvalue weighted by atomic mass is 10.1. The van der Waals surface area contributed by atoms with Gasteiger partial charge < -0.3 is 5.32 Å². The first-order valence-electron chi connectivity index (χ1n) is 9.59. The van der Waals surface area contributed by atoms with E-state index < -0.39 is 9.84 Å². The number of amides is 1. The number of hydrogen-bond donors (Lipinski definition) is 1. The Morgan fingerprint density at radius 2 is 1.89 bits per heavy atom. The minimum Gasteiger partial charge on any atom is -0.351 e. The van der Waals surface area contributed by atoms with Gasteiger partial charge in [-0.2, -0.15) is 5.10 Å². The highest BCUT2D eigenvalue weighted by Crippen LogP contribution is 2.15. The van der Waals surface area contributed by atoms with E-state index in [9.17, 15) is 13.2 Å². The minimum atomic E-state index is -2.96. The Labute approximate surface area is 161 Å². The molecule has 9 heteroatoms. The van der Waals surface area contributed by atoms with Gasteiger partial charge in [0.25, 0.3) is 0 Å². The first kappa shape index (κ1) is 20.3. The zero-order valence-electron chi connectivity index (χ0n) is 16.5. The van der Waals surface area contributed by atoms with E-state index in [1.54, 1.807) is 0 Å². The van der Waals surface area contributed by atoms with Crippen LogP contribution in [-0.2, 0) is 26.7 Å². The number of carbonyl (C=O) groups is 1. The second-order valence-corrected chi connectivity index (χ2v) is 10.9. The van der Waals surface area contributed by atoms with Crippen LogP contribution in [0.25, 0.3) is 0 Å². The Bertz CT molecular complexity index is 760. The average molecular weight is 398 g/mol. The lowest BCUT2D eigenvalue weighted by molar-refractivity contribution is -0.123. The second kappa shape index (κ2) is 7.89. The summed E-state index contributed by atoms with van der Waals surface area (Å²) in [5, 5.41) is 7.32. The molecule has 0 aliphatic carbocycles. The monoisotopic (exact) mass is 397 g/mol. The summed E-state index contributed by atoms with van der Waals surface area (Å²) in [6.45, 7) is 11.1. The Morgan fingerprint density at radius 3 is 2.44 bits per heavy atom. The van der Waals surface area contributed by atoms with Crippen LogP contribution in [0.4, 0.5) is 0 Å². The molecule has 1 N–H and O–H groups in total. The Morgan fingerprint density at radius 1 is 1.22 bits per heavy atom. The SMILES string of the molecule is CC(C)(C)n1cc(CN2CCN(CC(=O)NC3CCS(=O)(=O)C3)CC2)cn1. The summed E-state index contributed by atoms with van der Waals surface area (Å²) in [5.74, 6) is 0.189. The van der Waals surface area contributed by atoms with Gasteiger partial charge in [-0.25, -0.2) is 8.42 Å². The molecule has 1 amide bonds. The van der Waals surface area contributed by atoms with Gasteiger partial charge in [0.1, 0.15) is 0 Å². The largest absolute Gasteiger partial charge is 0.351 e. The maximum atomic E-state index is 12.2. The molecule has 1 aromatic rings. The lowest BCUT2D eigenvalue weighted by Crippen LogP contribution is -2.50. The average Bonchev–Trinajstić information content (AvgIpc) is 3.15. The number of hydrogen-bond acceptors (Lipinski definition) is 6. The molecule has 0 radical (unpaired) electrons. The summed E-state index contributed by atoms with van der Waals surface area (Å²) in [6, 6.07) is -0.219. The first-order chi connectivity index (χ1) is 12.6. The summed E-state index contributed by atoms with van der Waals surface area (Å²) >= 11 is 0. The highest BCUT2D eigenvalue weighted by atomic mass is 32.2. The number of sulfone groups is 1. The second-order valence-electron chi connectivity index (χ2n) is 8.68. The number of carbonyl (C=O) groups excluding carboxylic acids is 1. The fourth-order valence-electron chi connectivity index (χ4n) is 3.56. The summed E-state index contributed by atoms with van der Waals surface area (Å²) in [6.07, 6.45) is 4.57. The molecule has 0 spiro atoms. The number of piperazine rings is 1. The normalized spacial score (nSPS) is 24.2. The quantitative estimate of drug-likeness (QED) is 0.756. The van der Waals surface area contributed by atoms with Crippen LogP contribution in [-0.4, -0.2) is 84.2 Å². The maximum Gasteiger partial charge on any atom is 0.234 e. The third-order valence-electron chi connectivity index (χ3n) is 5.16. The summed E-state index contributed by atoms with van der Waals surface area (Å²) in [5.41, 5.74) is 1.20. The van der Waals surface area contributed by atoms with Crippen molar-refractivity contribution in [1.82, 2.24) is 24.9 Å². The van der Waals surface area contributed by atoms with Crippen molar-refractivity contribution in [3.8, 4) is 0 Å². The van der Waals surface area contributed by atoms with Gasteiger partial charge in [-0.3, -0.25) is 19.3 Å². The van der Waals surface area contributed by atoms with Crippen LogP contribution in [0.3, 0.4) is 0 Å². The van der Waals surface area contributed by atoms with E-state index in [1.165, 1.54) is 5.56 Å². The molecule has 0 bridgehead atoms. The van der Waals surface area contributed by atoms with Crippen LogP contribution in [0.15, 0.2) is 12.4 Å². The van der Waals surface area contributed by atoms with E-state index >= 15 is 0 Å². The minimum absolute atomic E-state index is 0.0110. The number of rotatable bonds is 5. The molecule has 3 rings (SSSR count). The molecule has 152 valence electrons. The zero-order chi connectivity index (χ0) is 19.7. The molecule has 8 nitrogen and oxygen atoms in total. The predicted octanol–water partition coefficient (Wildman–Crippen LogP) is 0.0590. The number of nitrogens with one attached hydrogen (secondary N) is 1. The van der Waals surface area contributed by atoms with Gasteiger partial charge in [0.2, 0.25) is 5.91 Å². The standard InChI is InChI=1S/C18H31N5O3S/c1-18(2,3)23-12-15(10-19-23)11-21-5-7-22(8-6-21)13-17(24)20-16-4-9-27(25,26)14-16/h10,12,16H,4-9,11,13-14H2,1-3H3,(H,20,24). The van der Waals surface area contributed by atoms with Crippen LogP contribution >= 0.6 is 0 Å². The molecule has 27 heavy (non-hydrogen) atoms. The topological polar surface area (TPSA) is 87.5 Å². The molecular weight excluding hydrogens is 366 g/mol. The molecule has 3 heterocycles. The van der Waals surface area contributed by atoms with Crippen molar-refractivity contribution in [1.29, 1.82) is 0 Å². The van der Waals surface area contributed by atoms with Gasteiger partial charge in [-0.15, -0.1) is 0 Å². The highest BCUT2D eigenvalue weighted by Gasteiger charge is 2.29. The third-order valence-corrected chi connectivity index (χ3v) is 6.93. The third kappa shape index (κ3) is 5.76. The Hall–Kier alpha value is -1.45. The molecule has 1 unspecified atom stereocenters. The van der Waals surface area contributed by atoms with Crippen LogP contribution in [0.2, 0.25) is 0 Å². The number of nitrogens with zero attached hydrogens (tertiary/aromatic N) is 4. The van der Waals surface area contributed by atoms with E-state index in [1.807, 2.05) is 10.9 Å². The van der Waals surface area contributed by atoms with E-state index in [-0.39, 0.29) is 29.0 Å².